The van der Waals surface area contributed by atoms with Gasteiger partial charge < -0.3 is 11.1 Å². The molecule has 1 aromatic heterocycles. The summed E-state index contributed by atoms with van der Waals surface area (Å²) >= 11 is 11.6. The highest BCUT2D eigenvalue weighted by atomic mass is 35.5. The molecule has 2 rings (SSSR count). The summed E-state index contributed by atoms with van der Waals surface area (Å²) in [7, 11) is 0. The summed E-state index contributed by atoms with van der Waals surface area (Å²) in [6.07, 6.45) is -4.78. The average Bonchev–Trinajstić information content (AvgIpc) is 2.35. The van der Waals surface area contributed by atoms with Gasteiger partial charge in [-0.2, -0.15) is 18.2 Å². The van der Waals surface area contributed by atoms with E-state index in [0.29, 0.717) is 21.8 Å². The van der Waals surface area contributed by atoms with E-state index in [4.69, 9.17) is 28.9 Å². The van der Waals surface area contributed by atoms with Crippen LogP contribution in [-0.4, -0.2) is 15.9 Å². The van der Waals surface area contributed by atoms with Crippen LogP contribution in [0.4, 0.5) is 24.8 Å². The second kappa shape index (κ2) is 6.47. The highest BCUT2D eigenvalue weighted by Gasteiger charge is 2.33. The first kappa shape index (κ1) is 17.1. The van der Waals surface area contributed by atoms with Crippen molar-refractivity contribution >= 4 is 40.8 Å². The van der Waals surface area contributed by atoms with Crippen molar-refractivity contribution in [2.45, 2.75) is 6.18 Å². The van der Waals surface area contributed by atoms with Gasteiger partial charge in [-0.25, -0.2) is 4.98 Å². The maximum Gasteiger partial charge on any atom is 0.433 e. The van der Waals surface area contributed by atoms with Gasteiger partial charge in [-0.1, -0.05) is 23.2 Å². The van der Waals surface area contributed by atoms with Gasteiger partial charge in [-0.3, -0.25) is 9.78 Å². The first-order valence-electron chi connectivity index (χ1n) is 5.89. The molecule has 0 amide bonds. The van der Waals surface area contributed by atoms with Crippen molar-refractivity contribution in [3.8, 4) is 0 Å². The molecule has 0 unspecified atom stereocenters. The van der Waals surface area contributed by atoms with Crippen LogP contribution < -0.4 is 16.6 Å². The minimum absolute atomic E-state index is 0.314. The number of aliphatic imine (C=N–C) groups is 1. The SMILES string of the molecule is N/C(=N\c1nc(C(F)(F)F)cc(=O)[nH]1)Nc1cc(Cl)cc(Cl)c1. The third-order valence-electron chi connectivity index (χ3n) is 2.38. The molecule has 0 radical (unpaired) electrons. The van der Waals surface area contributed by atoms with Crippen molar-refractivity contribution in [1.29, 1.82) is 0 Å². The van der Waals surface area contributed by atoms with Crippen molar-refractivity contribution in [3.63, 3.8) is 0 Å². The number of rotatable bonds is 2. The van der Waals surface area contributed by atoms with Gasteiger partial charge in [-0.05, 0) is 18.2 Å². The molecule has 6 nitrogen and oxygen atoms in total. The standard InChI is InChI=1S/C12H8Cl2F3N5O/c13-5-1-6(14)3-7(2-5)19-10(18)22-11-20-8(12(15,16)17)4-9(23)21-11/h1-4H,(H4,18,19,20,21,22,23). The molecule has 0 saturated heterocycles. The lowest BCUT2D eigenvalue weighted by atomic mass is 10.3. The van der Waals surface area contributed by atoms with E-state index >= 15 is 0 Å². The van der Waals surface area contributed by atoms with Gasteiger partial charge in [0.1, 0.15) is 0 Å². The number of nitrogens with zero attached hydrogens (tertiary/aromatic N) is 2. The zero-order valence-corrected chi connectivity index (χ0v) is 12.6. The van der Waals surface area contributed by atoms with Crippen molar-refractivity contribution in [2.75, 3.05) is 5.32 Å². The molecule has 0 aliphatic rings. The average molecular weight is 366 g/mol. The first-order valence-corrected chi connectivity index (χ1v) is 6.65. The van der Waals surface area contributed by atoms with Gasteiger partial charge in [0, 0.05) is 21.8 Å². The van der Waals surface area contributed by atoms with Crippen molar-refractivity contribution in [3.05, 3.63) is 50.4 Å². The van der Waals surface area contributed by atoms with E-state index in [9.17, 15) is 18.0 Å². The molecule has 0 aliphatic heterocycles. The Morgan fingerprint density at radius 3 is 2.39 bits per heavy atom. The molecule has 11 heteroatoms. The van der Waals surface area contributed by atoms with E-state index in [-0.39, 0.29) is 5.96 Å². The van der Waals surface area contributed by atoms with Crippen LogP contribution in [-0.2, 0) is 6.18 Å². The Morgan fingerprint density at radius 1 is 1.22 bits per heavy atom. The summed E-state index contributed by atoms with van der Waals surface area (Å²) in [5, 5.41) is 3.20. The summed E-state index contributed by atoms with van der Waals surface area (Å²) in [5.74, 6) is -0.909. The number of guanidine groups is 1. The molecular weight excluding hydrogens is 358 g/mol. The van der Waals surface area contributed by atoms with Gasteiger partial charge >= 0.3 is 6.18 Å². The minimum atomic E-state index is -4.78. The maximum atomic E-state index is 12.6. The molecule has 2 aromatic rings. The fraction of sp³-hybridized carbons (Fsp3) is 0.0833. The van der Waals surface area contributed by atoms with E-state index < -0.39 is 23.4 Å². The van der Waals surface area contributed by atoms with Crippen LogP contribution >= 0.6 is 23.2 Å². The Hall–Kier alpha value is -2.26. The largest absolute Gasteiger partial charge is 0.433 e. The van der Waals surface area contributed by atoms with Crippen LogP contribution in [0.25, 0.3) is 0 Å². The molecule has 1 heterocycles. The molecule has 0 bridgehead atoms. The van der Waals surface area contributed by atoms with E-state index in [2.05, 4.69) is 15.3 Å². The minimum Gasteiger partial charge on any atom is -0.369 e. The number of anilines is 1. The molecule has 0 aliphatic carbocycles. The number of aromatic nitrogens is 2. The van der Waals surface area contributed by atoms with Gasteiger partial charge in [0.15, 0.2) is 5.69 Å². The lowest BCUT2D eigenvalue weighted by Gasteiger charge is -2.07. The quantitative estimate of drug-likeness (QED) is 0.562. The summed E-state index contributed by atoms with van der Waals surface area (Å²) in [6.45, 7) is 0. The zero-order valence-electron chi connectivity index (χ0n) is 11.1. The fourth-order valence-electron chi connectivity index (χ4n) is 1.56. The molecule has 0 spiro atoms. The highest BCUT2D eigenvalue weighted by molar-refractivity contribution is 6.35. The lowest BCUT2D eigenvalue weighted by molar-refractivity contribution is -0.141. The van der Waals surface area contributed by atoms with Gasteiger partial charge in [0.05, 0.1) is 0 Å². The maximum absolute atomic E-state index is 12.6. The fourth-order valence-corrected chi connectivity index (χ4v) is 2.08. The number of nitrogens with two attached hydrogens (primary N) is 1. The third-order valence-corrected chi connectivity index (χ3v) is 2.82. The topological polar surface area (TPSA) is 96.2 Å². The summed E-state index contributed by atoms with van der Waals surface area (Å²) in [4.78, 5) is 20.0. The van der Waals surface area contributed by atoms with Gasteiger partial charge in [0.2, 0.25) is 11.9 Å². The van der Waals surface area contributed by atoms with Crippen molar-refractivity contribution in [2.24, 2.45) is 10.7 Å². The summed E-state index contributed by atoms with van der Waals surface area (Å²) in [6, 6.07) is 4.74. The first-order chi connectivity index (χ1) is 10.6. The molecule has 0 saturated carbocycles. The highest BCUT2D eigenvalue weighted by Crippen LogP contribution is 2.27. The predicted molar refractivity (Wildman–Crippen MR) is 81.2 cm³/mol. The number of benzene rings is 1. The Morgan fingerprint density at radius 2 is 1.83 bits per heavy atom. The number of alkyl halides is 3. The van der Waals surface area contributed by atoms with E-state index in [1.165, 1.54) is 18.2 Å². The molecule has 0 atom stereocenters. The molecule has 0 fully saturated rings. The van der Waals surface area contributed by atoms with Gasteiger partial charge in [0.25, 0.3) is 5.56 Å². The zero-order chi connectivity index (χ0) is 17.2. The number of nitrogens with one attached hydrogen (secondary N) is 2. The lowest BCUT2D eigenvalue weighted by Crippen LogP contribution is -2.23. The van der Waals surface area contributed by atoms with Crippen LogP contribution in [0, 0.1) is 0 Å². The molecule has 4 N–H and O–H groups in total. The van der Waals surface area contributed by atoms with Crippen molar-refractivity contribution < 1.29 is 13.2 Å². The smallest absolute Gasteiger partial charge is 0.369 e. The molecular formula is C12H8Cl2F3N5O. The molecule has 1 aromatic carbocycles. The van der Waals surface area contributed by atoms with Crippen LogP contribution in [0.2, 0.25) is 10.0 Å². The number of aromatic amines is 1. The molecule has 23 heavy (non-hydrogen) atoms. The summed E-state index contributed by atoms with van der Waals surface area (Å²) in [5.41, 5.74) is 3.53. The van der Waals surface area contributed by atoms with Crippen LogP contribution in [0.1, 0.15) is 5.69 Å². The monoisotopic (exact) mass is 365 g/mol. The van der Waals surface area contributed by atoms with E-state index in [1.807, 2.05) is 4.98 Å². The number of hydrogen-bond donors (Lipinski definition) is 3. The Bertz CT molecular complexity index is 799. The summed E-state index contributed by atoms with van der Waals surface area (Å²) < 4.78 is 37.7. The second-order valence-corrected chi connectivity index (χ2v) is 5.11. The van der Waals surface area contributed by atoms with Crippen LogP contribution in [0.15, 0.2) is 34.1 Å². The Balaban J connectivity index is 2.30. The Labute approximate surface area is 137 Å². The Kier molecular flexibility index (Phi) is 4.81. The van der Waals surface area contributed by atoms with Crippen molar-refractivity contribution in [1.82, 2.24) is 9.97 Å². The van der Waals surface area contributed by atoms with Crippen LogP contribution in [0.3, 0.4) is 0 Å². The normalized spacial score (nSPS) is 12.3. The molecule has 122 valence electrons. The number of H-pyrrole nitrogens is 1. The van der Waals surface area contributed by atoms with E-state index in [0.717, 1.165) is 0 Å². The second-order valence-electron chi connectivity index (χ2n) is 4.23. The van der Waals surface area contributed by atoms with Crippen LogP contribution in [0.5, 0.6) is 0 Å². The van der Waals surface area contributed by atoms with Gasteiger partial charge in [-0.15, -0.1) is 0 Å². The van der Waals surface area contributed by atoms with E-state index in [1.54, 1.807) is 0 Å². The third kappa shape index (κ3) is 4.86. The number of halogens is 5. The predicted octanol–water partition coefficient (Wildman–Crippen LogP) is 3.15. The number of hydrogen-bond acceptors (Lipinski definition) is 3.